The van der Waals surface area contributed by atoms with E-state index in [0.29, 0.717) is 17.7 Å². The molecule has 3 aromatic rings. The first kappa shape index (κ1) is 22.9. The third-order valence-corrected chi connectivity index (χ3v) is 6.89. The van der Waals surface area contributed by atoms with Crippen molar-refractivity contribution >= 4 is 0 Å². The van der Waals surface area contributed by atoms with Crippen LogP contribution >= 0.6 is 0 Å². The van der Waals surface area contributed by atoms with Gasteiger partial charge in [0, 0.05) is 12.7 Å². The fraction of sp³-hybridized carbons (Fsp3) is 0.357. The number of rotatable bonds is 7. The Hall–Kier alpha value is -2.83. The fourth-order valence-corrected chi connectivity index (χ4v) is 4.73. The second-order valence-electron chi connectivity index (χ2n) is 9.03. The van der Waals surface area contributed by atoms with Gasteiger partial charge in [-0.25, -0.2) is 8.78 Å². The van der Waals surface area contributed by atoms with Gasteiger partial charge in [0.25, 0.3) is 0 Å². The van der Waals surface area contributed by atoms with E-state index in [4.69, 9.17) is 14.2 Å². The van der Waals surface area contributed by atoms with Crippen molar-refractivity contribution in [1.82, 2.24) is 0 Å². The van der Waals surface area contributed by atoms with Gasteiger partial charge < -0.3 is 14.2 Å². The summed E-state index contributed by atoms with van der Waals surface area (Å²) in [5.41, 5.74) is 3.41. The molecule has 6 heteroatoms. The maximum atomic E-state index is 14.8. The molecule has 0 amide bonds. The number of epoxide rings is 1. The molecule has 1 heterocycles. The summed E-state index contributed by atoms with van der Waals surface area (Å²) < 4.78 is 59.9. The molecule has 0 bridgehead atoms. The van der Waals surface area contributed by atoms with Crippen LogP contribution in [0.15, 0.2) is 54.6 Å². The first-order chi connectivity index (χ1) is 16.5. The van der Waals surface area contributed by atoms with Crippen LogP contribution in [0.25, 0.3) is 11.1 Å². The topological polar surface area (TPSA) is 31.0 Å². The van der Waals surface area contributed by atoms with Gasteiger partial charge in [-0.1, -0.05) is 42.5 Å². The van der Waals surface area contributed by atoms with Crippen molar-refractivity contribution in [3.63, 3.8) is 0 Å². The quantitative estimate of drug-likeness (QED) is 0.347. The summed E-state index contributed by atoms with van der Waals surface area (Å²) in [4.78, 5) is 0. The monoisotopic (exact) mass is 468 g/mol. The van der Waals surface area contributed by atoms with Gasteiger partial charge in [-0.15, -0.1) is 0 Å². The molecule has 5 rings (SSSR count). The normalized spacial score (nSPS) is 21.9. The SMILES string of the molecule is COC1CCC(c2ccc(OCc3ccc(-c4ccc(C5CO5)c(F)c4)cc3)c(F)c2F)CC1. The predicted octanol–water partition coefficient (Wildman–Crippen LogP) is 7.09. The molecule has 1 aliphatic carbocycles. The van der Waals surface area contributed by atoms with Crippen LogP contribution in [0.2, 0.25) is 0 Å². The van der Waals surface area contributed by atoms with Gasteiger partial charge in [0.05, 0.1) is 12.7 Å². The van der Waals surface area contributed by atoms with Crippen molar-refractivity contribution in [1.29, 1.82) is 0 Å². The van der Waals surface area contributed by atoms with Gasteiger partial charge in [0.15, 0.2) is 11.6 Å². The molecular formula is C28H27F3O3. The van der Waals surface area contributed by atoms with E-state index in [2.05, 4.69) is 0 Å². The van der Waals surface area contributed by atoms with E-state index in [1.165, 1.54) is 12.1 Å². The van der Waals surface area contributed by atoms with Crippen molar-refractivity contribution in [3.05, 3.63) is 88.7 Å². The van der Waals surface area contributed by atoms with E-state index < -0.39 is 11.6 Å². The third-order valence-electron chi connectivity index (χ3n) is 6.89. The molecule has 0 aromatic heterocycles. The maximum absolute atomic E-state index is 14.8. The van der Waals surface area contributed by atoms with Crippen molar-refractivity contribution in [2.24, 2.45) is 0 Å². The van der Waals surface area contributed by atoms with Crippen LogP contribution < -0.4 is 4.74 Å². The van der Waals surface area contributed by atoms with E-state index in [0.717, 1.165) is 42.4 Å². The lowest BCUT2D eigenvalue weighted by molar-refractivity contribution is 0.0654. The first-order valence-electron chi connectivity index (χ1n) is 11.7. The molecule has 3 aromatic carbocycles. The summed E-state index contributed by atoms with van der Waals surface area (Å²) in [5.74, 6) is -2.15. The van der Waals surface area contributed by atoms with E-state index in [1.807, 2.05) is 30.3 Å². The highest BCUT2D eigenvalue weighted by molar-refractivity contribution is 5.64. The highest BCUT2D eigenvalue weighted by Crippen LogP contribution is 2.37. The number of halogens is 3. The minimum absolute atomic E-state index is 0.00167. The van der Waals surface area contributed by atoms with Crippen LogP contribution in [0.4, 0.5) is 13.2 Å². The highest BCUT2D eigenvalue weighted by atomic mass is 19.2. The predicted molar refractivity (Wildman–Crippen MR) is 123 cm³/mol. The van der Waals surface area contributed by atoms with E-state index in [1.54, 1.807) is 19.2 Å². The third kappa shape index (κ3) is 4.84. The van der Waals surface area contributed by atoms with Gasteiger partial charge in [-0.3, -0.25) is 0 Å². The second-order valence-corrected chi connectivity index (χ2v) is 9.03. The Bertz CT molecular complexity index is 1150. The average molecular weight is 469 g/mol. The molecule has 0 spiro atoms. The Morgan fingerprint density at radius 2 is 1.50 bits per heavy atom. The van der Waals surface area contributed by atoms with Crippen LogP contribution in [-0.2, 0) is 16.1 Å². The summed E-state index contributed by atoms with van der Waals surface area (Å²) in [6.07, 6.45) is 3.34. The average Bonchev–Trinajstić information content (AvgIpc) is 3.71. The van der Waals surface area contributed by atoms with Gasteiger partial charge in [-0.2, -0.15) is 4.39 Å². The largest absolute Gasteiger partial charge is 0.486 e. The molecule has 1 aliphatic heterocycles. The molecule has 34 heavy (non-hydrogen) atoms. The van der Waals surface area contributed by atoms with Crippen LogP contribution in [0, 0.1) is 17.5 Å². The first-order valence-corrected chi connectivity index (χ1v) is 11.7. The lowest BCUT2D eigenvalue weighted by Crippen LogP contribution is -2.20. The Morgan fingerprint density at radius 3 is 2.15 bits per heavy atom. The summed E-state index contributed by atoms with van der Waals surface area (Å²) in [5, 5.41) is 0. The maximum Gasteiger partial charge on any atom is 0.200 e. The molecule has 0 N–H and O–H groups in total. The molecule has 1 unspecified atom stereocenters. The fourth-order valence-electron chi connectivity index (χ4n) is 4.73. The van der Waals surface area contributed by atoms with Crippen LogP contribution in [0.3, 0.4) is 0 Å². The van der Waals surface area contributed by atoms with Crippen LogP contribution in [0.5, 0.6) is 5.75 Å². The number of benzene rings is 3. The van der Waals surface area contributed by atoms with E-state index in [9.17, 15) is 13.2 Å². The van der Waals surface area contributed by atoms with Gasteiger partial charge in [0.2, 0.25) is 5.82 Å². The van der Waals surface area contributed by atoms with Gasteiger partial charge in [-0.05, 0) is 66.0 Å². The number of hydrogen-bond acceptors (Lipinski definition) is 3. The number of methoxy groups -OCH3 is 1. The zero-order valence-corrected chi connectivity index (χ0v) is 19.0. The summed E-state index contributed by atoms with van der Waals surface area (Å²) >= 11 is 0. The summed E-state index contributed by atoms with van der Waals surface area (Å²) in [7, 11) is 1.69. The number of hydrogen-bond donors (Lipinski definition) is 0. The molecule has 178 valence electrons. The van der Waals surface area contributed by atoms with E-state index in [-0.39, 0.29) is 36.3 Å². The lowest BCUT2D eigenvalue weighted by atomic mass is 9.82. The van der Waals surface area contributed by atoms with Crippen LogP contribution in [-0.4, -0.2) is 19.8 Å². The minimum atomic E-state index is -0.946. The van der Waals surface area contributed by atoms with Gasteiger partial charge >= 0.3 is 0 Å². The smallest absolute Gasteiger partial charge is 0.200 e. The highest BCUT2D eigenvalue weighted by Gasteiger charge is 2.28. The van der Waals surface area contributed by atoms with Crippen LogP contribution in [0.1, 0.15) is 54.4 Å². The van der Waals surface area contributed by atoms with Crippen molar-refractivity contribution in [3.8, 4) is 16.9 Å². The Balaban J connectivity index is 1.23. The lowest BCUT2D eigenvalue weighted by Gasteiger charge is -2.28. The zero-order chi connectivity index (χ0) is 23.7. The Kier molecular flexibility index (Phi) is 6.61. The molecule has 0 radical (unpaired) electrons. The minimum Gasteiger partial charge on any atom is -0.486 e. The standard InChI is InChI=1S/C28H27F3O3/c1-32-21-9-6-19(7-10-21)22-12-13-25(28(31)27(22)30)33-15-17-2-4-18(5-3-17)20-8-11-23(24(29)14-20)26-16-34-26/h2-5,8,11-14,19,21,26H,6-7,9-10,15-16H2,1H3. The summed E-state index contributed by atoms with van der Waals surface area (Å²) in [6.45, 7) is 0.662. The molecular weight excluding hydrogens is 441 g/mol. The molecule has 1 saturated carbocycles. The van der Waals surface area contributed by atoms with Crippen molar-refractivity contribution in [2.75, 3.05) is 13.7 Å². The molecule has 1 saturated heterocycles. The Labute approximate surface area is 197 Å². The zero-order valence-electron chi connectivity index (χ0n) is 19.0. The summed E-state index contributed by atoms with van der Waals surface area (Å²) in [6, 6.07) is 15.7. The van der Waals surface area contributed by atoms with Crippen molar-refractivity contribution in [2.45, 2.75) is 50.4 Å². The molecule has 2 fully saturated rings. The van der Waals surface area contributed by atoms with E-state index >= 15 is 0 Å². The van der Waals surface area contributed by atoms with Crippen molar-refractivity contribution < 1.29 is 27.4 Å². The molecule has 2 aliphatic rings. The Morgan fingerprint density at radius 1 is 0.824 bits per heavy atom. The second kappa shape index (κ2) is 9.80. The van der Waals surface area contributed by atoms with Gasteiger partial charge in [0.1, 0.15) is 18.5 Å². The molecule has 3 nitrogen and oxygen atoms in total. The molecule has 1 atom stereocenters. The number of ether oxygens (including phenoxy) is 3.